The third-order valence-electron chi connectivity index (χ3n) is 2.84. The first kappa shape index (κ1) is 14.5. The van der Waals surface area contributed by atoms with E-state index in [-0.39, 0.29) is 0 Å². The van der Waals surface area contributed by atoms with Crippen LogP contribution in [0.5, 0.6) is 0 Å². The largest absolute Gasteiger partial charge is 0.400 e. The van der Waals surface area contributed by atoms with E-state index in [0.29, 0.717) is 5.69 Å². The molecular weight excluding hydrogens is 243 g/mol. The van der Waals surface area contributed by atoms with Crippen molar-refractivity contribution in [2.45, 2.75) is 33.4 Å². The van der Waals surface area contributed by atoms with Crippen LogP contribution in [0.1, 0.15) is 25.0 Å². The fraction of sp³-hybridized carbons (Fsp3) is 0.462. The molecule has 0 fully saturated rings. The van der Waals surface area contributed by atoms with Gasteiger partial charge in [-0.05, 0) is 37.5 Å². The SMILES string of the molecule is CCc1ccc(NC(=O)C(C)C(F)(F)F)c(C)c1. The normalized spacial score (nSPS) is 13.2. The van der Waals surface area contributed by atoms with Crippen molar-refractivity contribution in [2.24, 2.45) is 5.92 Å². The van der Waals surface area contributed by atoms with E-state index >= 15 is 0 Å². The Hall–Kier alpha value is -1.52. The smallest absolute Gasteiger partial charge is 0.325 e. The first-order valence-electron chi connectivity index (χ1n) is 5.72. The van der Waals surface area contributed by atoms with E-state index in [0.717, 1.165) is 24.5 Å². The van der Waals surface area contributed by atoms with Gasteiger partial charge in [-0.25, -0.2) is 0 Å². The lowest BCUT2D eigenvalue weighted by Gasteiger charge is -2.16. The van der Waals surface area contributed by atoms with Crippen molar-refractivity contribution >= 4 is 11.6 Å². The molecule has 2 nitrogen and oxygen atoms in total. The number of carbonyl (C=O) groups excluding carboxylic acids is 1. The number of alkyl halides is 3. The topological polar surface area (TPSA) is 29.1 Å². The van der Waals surface area contributed by atoms with Gasteiger partial charge in [-0.1, -0.05) is 19.1 Å². The number of carbonyl (C=O) groups is 1. The van der Waals surface area contributed by atoms with Gasteiger partial charge in [0, 0.05) is 5.69 Å². The van der Waals surface area contributed by atoms with E-state index in [9.17, 15) is 18.0 Å². The summed E-state index contributed by atoms with van der Waals surface area (Å²) >= 11 is 0. The molecule has 1 amide bonds. The summed E-state index contributed by atoms with van der Waals surface area (Å²) in [5.74, 6) is -3.04. The molecule has 0 aromatic heterocycles. The molecule has 0 saturated heterocycles. The highest BCUT2D eigenvalue weighted by Gasteiger charge is 2.41. The summed E-state index contributed by atoms with van der Waals surface area (Å²) in [5, 5.41) is 2.31. The van der Waals surface area contributed by atoms with Gasteiger partial charge < -0.3 is 5.32 Å². The van der Waals surface area contributed by atoms with Gasteiger partial charge in [0.1, 0.15) is 5.92 Å². The van der Waals surface area contributed by atoms with E-state index in [1.165, 1.54) is 0 Å². The number of nitrogens with one attached hydrogen (secondary N) is 1. The molecule has 5 heteroatoms. The number of hydrogen-bond donors (Lipinski definition) is 1. The number of benzene rings is 1. The van der Waals surface area contributed by atoms with Gasteiger partial charge in [0.15, 0.2) is 0 Å². The van der Waals surface area contributed by atoms with Crippen LogP contribution in [-0.4, -0.2) is 12.1 Å². The maximum atomic E-state index is 12.4. The molecule has 0 aliphatic rings. The lowest BCUT2D eigenvalue weighted by atomic mass is 10.1. The maximum absolute atomic E-state index is 12.4. The molecule has 0 saturated carbocycles. The number of halogens is 3. The standard InChI is InChI=1S/C13H16F3NO/c1-4-10-5-6-11(8(2)7-10)17-12(18)9(3)13(14,15)16/h5-7,9H,4H2,1-3H3,(H,17,18). The van der Waals surface area contributed by atoms with Gasteiger partial charge >= 0.3 is 6.18 Å². The fourth-order valence-electron chi connectivity index (χ4n) is 1.48. The molecule has 18 heavy (non-hydrogen) atoms. The lowest BCUT2D eigenvalue weighted by molar-refractivity contribution is -0.175. The summed E-state index contributed by atoms with van der Waals surface area (Å²) < 4.78 is 37.1. The quantitative estimate of drug-likeness (QED) is 0.881. The van der Waals surface area contributed by atoms with E-state index in [2.05, 4.69) is 5.32 Å². The van der Waals surface area contributed by atoms with Gasteiger partial charge in [-0.2, -0.15) is 13.2 Å². The number of rotatable bonds is 3. The molecule has 1 N–H and O–H groups in total. The van der Waals surface area contributed by atoms with Gasteiger partial charge in [0.2, 0.25) is 5.91 Å². The van der Waals surface area contributed by atoms with Crippen LogP contribution < -0.4 is 5.32 Å². The molecule has 0 heterocycles. The second kappa shape index (κ2) is 5.42. The van der Waals surface area contributed by atoms with Crippen LogP contribution in [0.25, 0.3) is 0 Å². The Kier molecular flexibility index (Phi) is 4.38. The zero-order valence-corrected chi connectivity index (χ0v) is 10.6. The monoisotopic (exact) mass is 259 g/mol. The molecule has 0 bridgehead atoms. The van der Waals surface area contributed by atoms with Crippen LogP contribution in [0.2, 0.25) is 0 Å². The molecule has 0 radical (unpaired) electrons. The molecule has 100 valence electrons. The second-order valence-corrected chi connectivity index (χ2v) is 4.26. The maximum Gasteiger partial charge on any atom is 0.400 e. The summed E-state index contributed by atoms with van der Waals surface area (Å²) in [6, 6.07) is 5.28. The minimum atomic E-state index is -4.51. The van der Waals surface area contributed by atoms with Crippen LogP contribution in [0, 0.1) is 12.8 Å². The van der Waals surface area contributed by atoms with Crippen LogP contribution in [0.4, 0.5) is 18.9 Å². The minimum absolute atomic E-state index is 0.424. The summed E-state index contributed by atoms with van der Waals surface area (Å²) in [5.41, 5.74) is 2.26. The van der Waals surface area contributed by atoms with Crippen molar-refractivity contribution in [1.82, 2.24) is 0 Å². The highest BCUT2D eigenvalue weighted by Crippen LogP contribution is 2.27. The molecule has 1 atom stereocenters. The van der Waals surface area contributed by atoms with E-state index in [1.807, 2.05) is 13.0 Å². The average Bonchev–Trinajstić information content (AvgIpc) is 2.29. The molecule has 1 rings (SSSR count). The van der Waals surface area contributed by atoms with Crippen molar-refractivity contribution in [2.75, 3.05) is 5.32 Å². The van der Waals surface area contributed by atoms with Crippen molar-refractivity contribution in [3.05, 3.63) is 29.3 Å². The molecular formula is C13H16F3NO. The van der Waals surface area contributed by atoms with Gasteiger partial charge in [0.05, 0.1) is 0 Å². The summed E-state index contributed by atoms with van der Waals surface area (Å²) in [6.07, 6.45) is -3.67. The van der Waals surface area contributed by atoms with Crippen molar-refractivity contribution in [3.63, 3.8) is 0 Å². The Morgan fingerprint density at radius 3 is 2.44 bits per heavy atom. The summed E-state index contributed by atoms with van der Waals surface area (Å²) in [7, 11) is 0. The van der Waals surface area contributed by atoms with Crippen molar-refractivity contribution in [1.29, 1.82) is 0 Å². The zero-order chi connectivity index (χ0) is 13.9. The van der Waals surface area contributed by atoms with Gasteiger partial charge in [-0.15, -0.1) is 0 Å². The predicted octanol–water partition coefficient (Wildman–Crippen LogP) is 3.69. The minimum Gasteiger partial charge on any atom is -0.325 e. The highest BCUT2D eigenvalue weighted by atomic mass is 19.4. The summed E-state index contributed by atoms with van der Waals surface area (Å²) in [6.45, 7) is 4.59. The Morgan fingerprint density at radius 2 is 2.00 bits per heavy atom. The third kappa shape index (κ3) is 3.48. The Labute approximate surface area is 104 Å². The first-order valence-corrected chi connectivity index (χ1v) is 5.72. The average molecular weight is 259 g/mol. The molecule has 0 aliphatic carbocycles. The Bertz CT molecular complexity index is 440. The fourth-order valence-corrected chi connectivity index (χ4v) is 1.48. The van der Waals surface area contributed by atoms with Crippen LogP contribution in [0.15, 0.2) is 18.2 Å². The lowest BCUT2D eigenvalue weighted by Crippen LogP contribution is -2.32. The summed E-state index contributed by atoms with van der Waals surface area (Å²) in [4.78, 5) is 11.4. The first-order chi connectivity index (χ1) is 8.25. The van der Waals surface area contributed by atoms with Crippen LogP contribution in [0.3, 0.4) is 0 Å². The molecule has 1 aromatic rings. The van der Waals surface area contributed by atoms with E-state index in [4.69, 9.17) is 0 Å². The number of aryl methyl sites for hydroxylation is 2. The molecule has 0 aliphatic heterocycles. The second-order valence-electron chi connectivity index (χ2n) is 4.26. The van der Waals surface area contributed by atoms with E-state index in [1.54, 1.807) is 19.1 Å². The third-order valence-corrected chi connectivity index (χ3v) is 2.84. The molecule has 1 aromatic carbocycles. The molecule has 0 spiro atoms. The predicted molar refractivity (Wildman–Crippen MR) is 64.4 cm³/mol. The van der Waals surface area contributed by atoms with Crippen LogP contribution in [-0.2, 0) is 11.2 Å². The Morgan fingerprint density at radius 1 is 1.39 bits per heavy atom. The van der Waals surface area contributed by atoms with Crippen LogP contribution >= 0.6 is 0 Å². The van der Waals surface area contributed by atoms with Crippen molar-refractivity contribution < 1.29 is 18.0 Å². The zero-order valence-electron chi connectivity index (χ0n) is 10.6. The van der Waals surface area contributed by atoms with Crippen molar-refractivity contribution in [3.8, 4) is 0 Å². The van der Waals surface area contributed by atoms with E-state index < -0.39 is 18.0 Å². The van der Waals surface area contributed by atoms with Gasteiger partial charge in [0.25, 0.3) is 0 Å². The number of amides is 1. The highest BCUT2D eigenvalue weighted by molar-refractivity contribution is 5.93. The van der Waals surface area contributed by atoms with Gasteiger partial charge in [-0.3, -0.25) is 4.79 Å². The molecule has 1 unspecified atom stereocenters. The Balaban J connectivity index is 2.83. The number of hydrogen-bond acceptors (Lipinski definition) is 1. The number of anilines is 1.